The summed E-state index contributed by atoms with van der Waals surface area (Å²) in [5.41, 5.74) is 2.06. The molecule has 6 nitrogen and oxygen atoms in total. The molecule has 1 amide bonds. The Kier molecular flexibility index (Phi) is 7.88. The lowest BCUT2D eigenvalue weighted by Crippen LogP contribution is -2.39. The van der Waals surface area contributed by atoms with Crippen LogP contribution in [0.4, 0.5) is 18.0 Å². The van der Waals surface area contributed by atoms with Crippen LogP contribution in [0.2, 0.25) is 0 Å². The maximum absolute atomic E-state index is 13.7. The summed E-state index contributed by atoms with van der Waals surface area (Å²) in [6, 6.07) is 11.0. The molecule has 0 saturated heterocycles. The van der Waals surface area contributed by atoms with Gasteiger partial charge in [-0.2, -0.15) is 18.3 Å². The van der Waals surface area contributed by atoms with Crippen molar-refractivity contribution in [2.75, 3.05) is 33.7 Å². The van der Waals surface area contributed by atoms with Gasteiger partial charge in [-0.25, -0.2) is 4.79 Å². The smallest absolute Gasteiger partial charge is 0.417 e. The van der Waals surface area contributed by atoms with Gasteiger partial charge in [-0.3, -0.25) is 4.68 Å². The van der Waals surface area contributed by atoms with Crippen molar-refractivity contribution in [3.8, 4) is 11.1 Å². The van der Waals surface area contributed by atoms with E-state index < -0.39 is 17.3 Å². The maximum atomic E-state index is 13.7. The number of benzene rings is 2. The number of carbonyl (C=O) groups excluding carboxylic acids is 1. The number of amides is 1. The molecule has 0 aliphatic carbocycles. The first-order chi connectivity index (χ1) is 17.8. The standard InChI is InChI=1S/C29H35F3N4O2/c1-28(2,3)38-27(37)35-17-13-20(14-18-35)26-23-12-11-21(22-9-6-7-10-24(22)29(30,31)32)19-25(23)33-36(26)16-8-15-34(4)5/h6-7,9-13,19H,8,14-18H2,1-5H3. The van der Waals surface area contributed by atoms with Gasteiger partial charge < -0.3 is 14.5 Å². The number of carbonyl (C=O) groups is 1. The molecule has 0 spiro atoms. The first-order valence-corrected chi connectivity index (χ1v) is 12.8. The Hall–Kier alpha value is -3.33. The molecule has 0 N–H and O–H groups in total. The highest BCUT2D eigenvalue weighted by molar-refractivity contribution is 5.94. The fourth-order valence-corrected chi connectivity index (χ4v) is 4.70. The maximum Gasteiger partial charge on any atom is 0.417 e. The molecule has 0 bridgehead atoms. The summed E-state index contributed by atoms with van der Waals surface area (Å²) in [6.07, 6.45) is -1.26. The van der Waals surface area contributed by atoms with E-state index in [1.807, 2.05) is 51.7 Å². The van der Waals surface area contributed by atoms with Crippen LogP contribution in [0, 0.1) is 0 Å². The minimum Gasteiger partial charge on any atom is -0.444 e. The van der Waals surface area contributed by atoms with Gasteiger partial charge in [0.05, 0.1) is 16.8 Å². The van der Waals surface area contributed by atoms with Crippen molar-refractivity contribution < 1.29 is 22.7 Å². The number of ether oxygens (including phenoxy) is 1. The predicted molar refractivity (Wildman–Crippen MR) is 144 cm³/mol. The number of aryl methyl sites for hydroxylation is 1. The van der Waals surface area contributed by atoms with Gasteiger partial charge in [-0.15, -0.1) is 0 Å². The Morgan fingerprint density at radius 3 is 2.47 bits per heavy atom. The SMILES string of the molecule is CN(C)CCCn1nc2cc(-c3ccccc3C(F)(F)F)ccc2c1C1=CCN(C(=O)OC(C)(C)C)CC1. The molecular weight excluding hydrogens is 493 g/mol. The normalized spacial score (nSPS) is 14.8. The van der Waals surface area contributed by atoms with Crippen LogP contribution in [0.15, 0.2) is 48.5 Å². The van der Waals surface area contributed by atoms with Gasteiger partial charge in [0.15, 0.2) is 0 Å². The second-order valence-electron chi connectivity index (χ2n) is 10.9. The predicted octanol–water partition coefficient (Wildman–Crippen LogP) is 6.70. The zero-order chi connectivity index (χ0) is 27.7. The Balaban J connectivity index is 1.71. The van der Waals surface area contributed by atoms with Crippen LogP contribution < -0.4 is 0 Å². The molecule has 0 unspecified atom stereocenters. The van der Waals surface area contributed by atoms with Gasteiger partial charge in [0.2, 0.25) is 0 Å². The molecular formula is C29H35F3N4O2. The van der Waals surface area contributed by atoms with E-state index in [2.05, 4.69) is 4.90 Å². The van der Waals surface area contributed by atoms with Gasteiger partial charge >= 0.3 is 12.3 Å². The molecule has 0 atom stereocenters. The lowest BCUT2D eigenvalue weighted by Gasteiger charge is -2.29. The van der Waals surface area contributed by atoms with Gasteiger partial charge in [-0.05, 0) is 89.2 Å². The monoisotopic (exact) mass is 528 g/mol. The summed E-state index contributed by atoms with van der Waals surface area (Å²) >= 11 is 0. The summed E-state index contributed by atoms with van der Waals surface area (Å²) in [5, 5.41) is 5.73. The third-order valence-corrected chi connectivity index (χ3v) is 6.42. The Morgan fingerprint density at radius 1 is 1.11 bits per heavy atom. The van der Waals surface area contributed by atoms with Crippen LogP contribution in [0.3, 0.4) is 0 Å². The van der Waals surface area contributed by atoms with Gasteiger partial charge in [-0.1, -0.05) is 30.3 Å². The molecule has 1 aliphatic heterocycles. The summed E-state index contributed by atoms with van der Waals surface area (Å²) in [5.74, 6) is 0. The zero-order valence-electron chi connectivity index (χ0n) is 22.6. The van der Waals surface area contributed by atoms with Gasteiger partial charge in [0, 0.05) is 25.0 Å². The molecule has 0 fully saturated rings. The van der Waals surface area contributed by atoms with Gasteiger partial charge in [0.1, 0.15) is 5.60 Å². The summed E-state index contributed by atoms with van der Waals surface area (Å²) in [4.78, 5) is 16.3. The topological polar surface area (TPSA) is 50.6 Å². The summed E-state index contributed by atoms with van der Waals surface area (Å²) in [6.45, 7) is 8.02. The average molecular weight is 529 g/mol. The quantitative estimate of drug-likeness (QED) is 0.357. The van der Waals surface area contributed by atoms with Crippen molar-refractivity contribution >= 4 is 22.6 Å². The molecule has 0 saturated carbocycles. The third-order valence-electron chi connectivity index (χ3n) is 6.42. The Bertz CT molecular complexity index is 1340. The number of nitrogens with zero attached hydrogens (tertiary/aromatic N) is 4. The number of fused-ring (bicyclic) bond motifs is 1. The highest BCUT2D eigenvalue weighted by atomic mass is 19.4. The lowest BCUT2D eigenvalue weighted by atomic mass is 9.96. The molecule has 4 rings (SSSR count). The lowest BCUT2D eigenvalue weighted by molar-refractivity contribution is -0.137. The number of alkyl halides is 3. The van der Waals surface area contributed by atoms with Crippen LogP contribution in [0.25, 0.3) is 27.6 Å². The molecule has 2 aromatic carbocycles. The average Bonchev–Trinajstić information content (AvgIpc) is 3.19. The Morgan fingerprint density at radius 2 is 1.84 bits per heavy atom. The highest BCUT2D eigenvalue weighted by Gasteiger charge is 2.33. The third kappa shape index (κ3) is 6.38. The molecule has 0 radical (unpaired) electrons. The fourth-order valence-electron chi connectivity index (χ4n) is 4.70. The van der Waals surface area contributed by atoms with Crippen molar-refractivity contribution in [2.24, 2.45) is 0 Å². The number of aromatic nitrogens is 2. The van der Waals surface area contributed by atoms with Crippen LogP contribution in [0.5, 0.6) is 0 Å². The largest absolute Gasteiger partial charge is 0.444 e. The zero-order valence-corrected chi connectivity index (χ0v) is 22.6. The van der Waals surface area contributed by atoms with E-state index in [4.69, 9.17) is 9.84 Å². The molecule has 38 heavy (non-hydrogen) atoms. The van der Waals surface area contributed by atoms with E-state index in [1.54, 1.807) is 23.1 Å². The van der Waals surface area contributed by atoms with E-state index in [1.165, 1.54) is 12.1 Å². The minimum atomic E-state index is -4.45. The molecule has 3 aromatic rings. The summed E-state index contributed by atoms with van der Waals surface area (Å²) in [7, 11) is 4.03. The van der Waals surface area contributed by atoms with Crippen LogP contribution in [0.1, 0.15) is 44.9 Å². The number of hydrogen-bond acceptors (Lipinski definition) is 4. The number of hydrogen-bond donors (Lipinski definition) is 0. The molecule has 1 aromatic heterocycles. The number of rotatable bonds is 6. The van der Waals surface area contributed by atoms with E-state index in [0.717, 1.165) is 35.7 Å². The number of halogens is 3. The molecule has 1 aliphatic rings. The highest BCUT2D eigenvalue weighted by Crippen LogP contribution is 2.39. The van der Waals surface area contributed by atoms with Crippen molar-refractivity contribution in [3.05, 3.63) is 59.8 Å². The fraction of sp³-hybridized carbons (Fsp3) is 0.448. The molecule has 2 heterocycles. The van der Waals surface area contributed by atoms with Crippen molar-refractivity contribution in [1.82, 2.24) is 19.6 Å². The van der Waals surface area contributed by atoms with Crippen molar-refractivity contribution in [3.63, 3.8) is 0 Å². The Labute approximate surface area is 221 Å². The van der Waals surface area contributed by atoms with Crippen LogP contribution >= 0.6 is 0 Å². The first kappa shape index (κ1) is 27.7. The van der Waals surface area contributed by atoms with Crippen molar-refractivity contribution in [1.29, 1.82) is 0 Å². The van der Waals surface area contributed by atoms with E-state index >= 15 is 0 Å². The second kappa shape index (κ2) is 10.8. The van der Waals surface area contributed by atoms with E-state index in [0.29, 0.717) is 37.1 Å². The van der Waals surface area contributed by atoms with E-state index in [-0.39, 0.29) is 11.7 Å². The second-order valence-corrected chi connectivity index (χ2v) is 10.9. The van der Waals surface area contributed by atoms with Crippen molar-refractivity contribution in [2.45, 2.75) is 51.9 Å². The van der Waals surface area contributed by atoms with Crippen LogP contribution in [-0.2, 0) is 17.5 Å². The molecule has 9 heteroatoms. The minimum absolute atomic E-state index is 0.135. The summed E-state index contributed by atoms with van der Waals surface area (Å²) < 4.78 is 48.5. The van der Waals surface area contributed by atoms with Crippen LogP contribution in [-0.4, -0.2) is 65.0 Å². The first-order valence-electron chi connectivity index (χ1n) is 12.8. The van der Waals surface area contributed by atoms with Gasteiger partial charge in [0.25, 0.3) is 0 Å². The van der Waals surface area contributed by atoms with E-state index in [9.17, 15) is 18.0 Å². The molecule has 204 valence electrons.